The molecule has 1 unspecified atom stereocenters. The van der Waals surface area contributed by atoms with Crippen LogP contribution in [0.1, 0.15) is 26.7 Å². The number of amides is 2. The molecule has 0 spiro atoms. The van der Waals surface area contributed by atoms with E-state index in [1.54, 1.807) is 13.8 Å². The van der Waals surface area contributed by atoms with Crippen LogP contribution in [0.5, 0.6) is 0 Å². The van der Waals surface area contributed by atoms with Gasteiger partial charge in [0.2, 0.25) is 11.8 Å². The second-order valence-corrected chi connectivity index (χ2v) is 4.88. The highest BCUT2D eigenvalue weighted by Crippen LogP contribution is 2.23. The Morgan fingerprint density at radius 2 is 2.05 bits per heavy atom. The predicted molar refractivity (Wildman–Crippen MR) is 64.9 cm³/mol. The van der Waals surface area contributed by atoms with Crippen molar-refractivity contribution in [1.82, 2.24) is 10.2 Å². The summed E-state index contributed by atoms with van der Waals surface area (Å²) in [4.78, 5) is 25.1. The number of hydrogen-bond acceptors (Lipinski definition) is 3. The second kappa shape index (κ2) is 6.43. The van der Waals surface area contributed by atoms with Crippen LogP contribution >= 0.6 is 0 Å². The van der Waals surface area contributed by atoms with Crippen molar-refractivity contribution in [2.24, 2.45) is 0 Å². The first-order valence-electron chi connectivity index (χ1n) is 6.44. The summed E-state index contributed by atoms with van der Waals surface area (Å²) in [5.41, 5.74) is -0.945. The van der Waals surface area contributed by atoms with Gasteiger partial charge in [0.25, 0.3) is 0 Å². The molecule has 20 heavy (non-hydrogen) atoms. The highest BCUT2D eigenvalue weighted by atomic mass is 19.4. The fraction of sp³-hybridized carbons (Fsp3) is 0.833. The summed E-state index contributed by atoms with van der Waals surface area (Å²) in [6.45, 7) is 2.16. The molecule has 0 radical (unpaired) electrons. The monoisotopic (exact) mass is 296 g/mol. The molecule has 116 valence electrons. The molecule has 2 amide bonds. The fourth-order valence-corrected chi connectivity index (χ4v) is 2.08. The molecule has 5 nitrogen and oxygen atoms in total. The smallest absolute Gasteiger partial charge is 0.372 e. The number of halogens is 3. The number of piperazine rings is 1. The molecule has 1 aliphatic rings. The summed E-state index contributed by atoms with van der Waals surface area (Å²) in [5.74, 6) is -0.472. The van der Waals surface area contributed by atoms with Crippen molar-refractivity contribution in [1.29, 1.82) is 0 Å². The van der Waals surface area contributed by atoms with E-state index in [4.69, 9.17) is 0 Å². The quantitative estimate of drug-likeness (QED) is 0.746. The van der Waals surface area contributed by atoms with E-state index in [1.807, 2.05) is 0 Å². The summed E-state index contributed by atoms with van der Waals surface area (Å²) in [7, 11) is 0. The van der Waals surface area contributed by atoms with Gasteiger partial charge in [0.05, 0.1) is 6.54 Å². The van der Waals surface area contributed by atoms with E-state index in [-0.39, 0.29) is 37.9 Å². The van der Waals surface area contributed by atoms with Crippen LogP contribution in [0, 0.1) is 0 Å². The number of ether oxygens (including phenoxy) is 1. The van der Waals surface area contributed by atoms with Gasteiger partial charge in [-0.3, -0.25) is 9.59 Å². The zero-order valence-corrected chi connectivity index (χ0v) is 11.5. The SMILES string of the molecule is CCC1(C)C(=O)NCC(=O)N1CCCOCC(F)(F)F. The van der Waals surface area contributed by atoms with E-state index in [0.29, 0.717) is 6.42 Å². The van der Waals surface area contributed by atoms with Crippen molar-refractivity contribution in [2.45, 2.75) is 38.4 Å². The molecule has 0 aromatic rings. The standard InChI is InChI=1S/C12H19F3N2O3/c1-3-11(2)10(19)16-7-9(18)17(11)5-4-6-20-8-12(13,14)15/h3-8H2,1-2H3,(H,16,19). The Hall–Kier alpha value is -1.31. The highest BCUT2D eigenvalue weighted by Gasteiger charge is 2.43. The van der Waals surface area contributed by atoms with E-state index >= 15 is 0 Å². The van der Waals surface area contributed by atoms with Crippen molar-refractivity contribution in [2.75, 3.05) is 26.3 Å². The number of carbonyl (C=O) groups is 2. The van der Waals surface area contributed by atoms with Crippen LogP contribution in [0.15, 0.2) is 0 Å². The van der Waals surface area contributed by atoms with Crippen molar-refractivity contribution >= 4 is 11.8 Å². The van der Waals surface area contributed by atoms with Gasteiger partial charge in [-0.05, 0) is 19.8 Å². The number of rotatable bonds is 6. The van der Waals surface area contributed by atoms with E-state index < -0.39 is 18.3 Å². The third-order valence-electron chi connectivity index (χ3n) is 3.41. The van der Waals surface area contributed by atoms with Crippen LogP contribution in [0.3, 0.4) is 0 Å². The maximum absolute atomic E-state index is 11.9. The van der Waals surface area contributed by atoms with Crippen molar-refractivity contribution in [3.8, 4) is 0 Å². The molecule has 0 saturated carbocycles. The minimum atomic E-state index is -4.35. The molecule has 1 saturated heterocycles. The minimum absolute atomic E-state index is 0.0716. The van der Waals surface area contributed by atoms with E-state index in [0.717, 1.165) is 0 Å². The van der Waals surface area contributed by atoms with Gasteiger partial charge < -0.3 is 15.0 Å². The molecule has 0 aliphatic carbocycles. The lowest BCUT2D eigenvalue weighted by Crippen LogP contribution is -2.65. The van der Waals surface area contributed by atoms with Crippen LogP contribution in [-0.2, 0) is 14.3 Å². The predicted octanol–water partition coefficient (Wildman–Crippen LogP) is 1.08. The lowest BCUT2D eigenvalue weighted by Gasteiger charge is -2.43. The van der Waals surface area contributed by atoms with Crippen LogP contribution < -0.4 is 5.32 Å². The number of hydrogen-bond donors (Lipinski definition) is 1. The van der Waals surface area contributed by atoms with Gasteiger partial charge in [0.1, 0.15) is 12.1 Å². The summed E-state index contributed by atoms with van der Waals surface area (Å²) in [6, 6.07) is 0. The van der Waals surface area contributed by atoms with Crippen LogP contribution in [0.2, 0.25) is 0 Å². The molecule has 1 heterocycles. The third-order valence-corrected chi connectivity index (χ3v) is 3.41. The third kappa shape index (κ3) is 4.09. The summed E-state index contributed by atoms with van der Waals surface area (Å²) in [6.07, 6.45) is -3.66. The average Bonchev–Trinajstić information content (AvgIpc) is 2.36. The van der Waals surface area contributed by atoms with E-state index in [2.05, 4.69) is 10.1 Å². The minimum Gasteiger partial charge on any atom is -0.372 e. The van der Waals surface area contributed by atoms with Gasteiger partial charge in [-0.1, -0.05) is 6.92 Å². The maximum Gasteiger partial charge on any atom is 0.411 e. The second-order valence-electron chi connectivity index (χ2n) is 4.88. The van der Waals surface area contributed by atoms with Crippen LogP contribution in [-0.4, -0.2) is 54.7 Å². The molecule has 1 atom stereocenters. The topological polar surface area (TPSA) is 58.6 Å². The first kappa shape index (κ1) is 16.7. The van der Waals surface area contributed by atoms with Crippen LogP contribution in [0.4, 0.5) is 13.2 Å². The number of nitrogens with zero attached hydrogens (tertiary/aromatic N) is 1. The first-order chi connectivity index (χ1) is 9.20. The lowest BCUT2D eigenvalue weighted by molar-refractivity contribution is -0.174. The fourth-order valence-electron chi connectivity index (χ4n) is 2.08. The van der Waals surface area contributed by atoms with E-state index in [9.17, 15) is 22.8 Å². The van der Waals surface area contributed by atoms with Gasteiger partial charge in [0.15, 0.2) is 0 Å². The Labute approximate surface area is 115 Å². The number of alkyl halides is 3. The summed E-state index contributed by atoms with van der Waals surface area (Å²) in [5, 5.41) is 2.51. The zero-order valence-electron chi connectivity index (χ0n) is 11.5. The Balaban J connectivity index is 2.47. The molecular weight excluding hydrogens is 277 g/mol. The molecule has 0 aromatic carbocycles. The summed E-state index contributed by atoms with van der Waals surface area (Å²) >= 11 is 0. The highest BCUT2D eigenvalue weighted by molar-refractivity contribution is 5.97. The summed E-state index contributed by atoms with van der Waals surface area (Å²) < 4.78 is 40.1. The van der Waals surface area contributed by atoms with Gasteiger partial charge in [-0.15, -0.1) is 0 Å². The van der Waals surface area contributed by atoms with Gasteiger partial charge in [-0.25, -0.2) is 0 Å². The molecule has 1 aliphatic heterocycles. The Bertz CT molecular complexity index is 373. The molecule has 0 aromatic heterocycles. The van der Waals surface area contributed by atoms with Crippen molar-refractivity contribution in [3.05, 3.63) is 0 Å². The Kier molecular flexibility index (Phi) is 5.38. The molecule has 0 bridgehead atoms. The van der Waals surface area contributed by atoms with Crippen molar-refractivity contribution in [3.63, 3.8) is 0 Å². The average molecular weight is 296 g/mol. The maximum atomic E-state index is 11.9. The molecule has 1 N–H and O–H groups in total. The molecule has 1 fully saturated rings. The number of carbonyl (C=O) groups excluding carboxylic acids is 2. The van der Waals surface area contributed by atoms with Gasteiger partial charge in [0, 0.05) is 13.2 Å². The first-order valence-corrected chi connectivity index (χ1v) is 6.44. The Morgan fingerprint density at radius 1 is 1.40 bits per heavy atom. The zero-order chi connectivity index (χ0) is 15.4. The number of nitrogens with one attached hydrogen (secondary N) is 1. The molecular formula is C12H19F3N2O3. The lowest BCUT2D eigenvalue weighted by atomic mass is 9.92. The normalized spacial score (nSPS) is 23.9. The molecule has 8 heteroatoms. The van der Waals surface area contributed by atoms with E-state index in [1.165, 1.54) is 4.90 Å². The Morgan fingerprint density at radius 3 is 2.60 bits per heavy atom. The van der Waals surface area contributed by atoms with Crippen LogP contribution in [0.25, 0.3) is 0 Å². The molecule has 1 rings (SSSR count). The van der Waals surface area contributed by atoms with Gasteiger partial charge in [-0.2, -0.15) is 13.2 Å². The van der Waals surface area contributed by atoms with Crippen molar-refractivity contribution < 1.29 is 27.5 Å². The largest absolute Gasteiger partial charge is 0.411 e. The van der Waals surface area contributed by atoms with Gasteiger partial charge >= 0.3 is 6.18 Å².